The molecule has 0 radical (unpaired) electrons. The number of anilines is 1. The molecule has 0 unspecified atom stereocenters. The Balaban J connectivity index is 1.68. The Morgan fingerprint density at radius 2 is 1.79 bits per heavy atom. The molecule has 3 atom stereocenters. The predicted octanol–water partition coefficient (Wildman–Crippen LogP) is 2.93. The lowest BCUT2D eigenvalue weighted by atomic mass is 10.1. The summed E-state index contributed by atoms with van der Waals surface area (Å²) in [5, 5.41) is 20.9. The molecule has 1 aromatic carbocycles. The predicted molar refractivity (Wildman–Crippen MR) is 127 cm³/mol. The van der Waals surface area contributed by atoms with Gasteiger partial charge >= 0.3 is 6.18 Å². The van der Waals surface area contributed by atoms with Crippen LogP contribution in [0, 0.1) is 17.6 Å². The Kier molecular flexibility index (Phi) is 6.56. The number of hydrogen-bond acceptors (Lipinski definition) is 6. The third-order valence-electron chi connectivity index (χ3n) is 6.62. The first-order valence-corrected chi connectivity index (χ1v) is 11.9. The Bertz CT molecular complexity index is 1460. The van der Waals surface area contributed by atoms with Crippen LogP contribution in [0.2, 0.25) is 5.02 Å². The van der Waals surface area contributed by atoms with E-state index < -0.39 is 69.6 Å². The van der Waals surface area contributed by atoms with E-state index in [9.17, 15) is 41.8 Å². The van der Waals surface area contributed by atoms with Gasteiger partial charge in [-0.3, -0.25) is 14.2 Å². The van der Waals surface area contributed by atoms with E-state index in [1.54, 1.807) is 0 Å². The van der Waals surface area contributed by atoms with Crippen LogP contribution in [-0.2, 0) is 0 Å². The van der Waals surface area contributed by atoms with Crippen LogP contribution in [0.1, 0.15) is 23.2 Å². The summed E-state index contributed by atoms with van der Waals surface area (Å²) in [5.74, 6) is -4.17. The number of pyridine rings is 2. The van der Waals surface area contributed by atoms with Crippen LogP contribution in [0.25, 0.3) is 16.7 Å². The lowest BCUT2D eigenvalue weighted by Crippen LogP contribution is -2.48. The normalized spacial score (nSPS) is 20.7. The molecule has 1 saturated heterocycles. The van der Waals surface area contributed by atoms with E-state index in [1.165, 1.54) is 17.0 Å². The van der Waals surface area contributed by atoms with Crippen LogP contribution in [0.5, 0.6) is 0 Å². The highest BCUT2D eigenvalue weighted by molar-refractivity contribution is 6.32. The average Bonchev–Trinajstić information content (AvgIpc) is 3.61. The number of hydrogen-bond donors (Lipinski definition) is 3. The highest BCUT2D eigenvalue weighted by Gasteiger charge is 2.50. The molecule has 1 aliphatic carbocycles. The maximum absolute atomic E-state index is 15.0. The monoisotopic (exact) mass is 558 g/mol. The number of aliphatic hydroxyl groups excluding tert-OH is 2. The molecule has 3 aromatic rings. The molecule has 1 amide bonds. The van der Waals surface area contributed by atoms with Crippen molar-refractivity contribution >= 4 is 34.4 Å². The summed E-state index contributed by atoms with van der Waals surface area (Å²) in [4.78, 5) is 32.1. The number of nitrogens with one attached hydrogen (secondary N) is 1. The average molecular weight is 559 g/mol. The van der Waals surface area contributed by atoms with Crippen molar-refractivity contribution in [1.82, 2.24) is 14.9 Å². The van der Waals surface area contributed by atoms with E-state index in [1.807, 2.05) is 5.32 Å². The number of nitrogens with zero attached hydrogens (tertiary/aromatic N) is 3. The van der Waals surface area contributed by atoms with Crippen LogP contribution < -0.4 is 15.6 Å². The van der Waals surface area contributed by atoms with Gasteiger partial charge in [-0.2, -0.15) is 13.2 Å². The zero-order valence-corrected chi connectivity index (χ0v) is 20.1. The highest BCUT2D eigenvalue weighted by Crippen LogP contribution is 2.40. The number of fused-ring (bicyclic) bond motifs is 1. The number of carbonyl (C=O) groups excluding carboxylic acids is 1. The number of amides is 1. The number of rotatable bonds is 5. The number of halogens is 6. The van der Waals surface area contributed by atoms with Gasteiger partial charge in [-0.05, 0) is 37.0 Å². The Morgan fingerprint density at radius 1 is 1.13 bits per heavy atom. The molecule has 38 heavy (non-hydrogen) atoms. The summed E-state index contributed by atoms with van der Waals surface area (Å²) in [6.07, 6.45) is -5.56. The van der Waals surface area contributed by atoms with Gasteiger partial charge in [-0.1, -0.05) is 11.6 Å². The Hall–Kier alpha value is -3.29. The van der Waals surface area contributed by atoms with Gasteiger partial charge in [-0.15, -0.1) is 0 Å². The second kappa shape index (κ2) is 9.47. The van der Waals surface area contributed by atoms with E-state index >= 15 is 0 Å². The third-order valence-corrected chi connectivity index (χ3v) is 6.91. The maximum atomic E-state index is 15.0. The SMILES string of the molecule is O=C(N[C@@H](C1CC1)C(F)(F)F)c1cn(-c2c(F)cc(F)cc2Cl)c2nc(N3C[C@@H](O)[C@H](O)C3)ccc2c1=O. The van der Waals surface area contributed by atoms with Gasteiger partial charge in [-0.25, -0.2) is 13.8 Å². The molecular formula is C24H20ClF5N4O4. The largest absolute Gasteiger partial charge is 0.408 e. The number of carbonyl (C=O) groups is 1. The lowest BCUT2D eigenvalue weighted by molar-refractivity contribution is -0.158. The molecule has 1 aliphatic heterocycles. The van der Waals surface area contributed by atoms with Gasteiger partial charge in [0.25, 0.3) is 5.91 Å². The van der Waals surface area contributed by atoms with Gasteiger partial charge < -0.3 is 20.4 Å². The molecule has 2 aromatic heterocycles. The summed E-state index contributed by atoms with van der Waals surface area (Å²) >= 11 is 6.11. The minimum atomic E-state index is -4.75. The van der Waals surface area contributed by atoms with Crippen molar-refractivity contribution in [3.63, 3.8) is 0 Å². The molecule has 202 valence electrons. The van der Waals surface area contributed by atoms with Gasteiger partial charge in [0.05, 0.1) is 22.6 Å². The van der Waals surface area contributed by atoms with Crippen LogP contribution in [0.4, 0.5) is 27.8 Å². The number of benzene rings is 1. The minimum Gasteiger partial charge on any atom is -0.389 e. The smallest absolute Gasteiger partial charge is 0.389 e. The molecule has 3 heterocycles. The van der Waals surface area contributed by atoms with Crippen molar-refractivity contribution in [1.29, 1.82) is 0 Å². The summed E-state index contributed by atoms with van der Waals surface area (Å²) in [7, 11) is 0. The first kappa shape index (κ1) is 26.3. The van der Waals surface area contributed by atoms with Crippen molar-refractivity contribution in [3.05, 3.63) is 62.9 Å². The zero-order chi connectivity index (χ0) is 27.5. The third kappa shape index (κ3) is 4.81. The van der Waals surface area contributed by atoms with Crippen molar-refractivity contribution in [2.45, 2.75) is 37.3 Å². The topological polar surface area (TPSA) is 108 Å². The van der Waals surface area contributed by atoms with Crippen LogP contribution in [0.15, 0.2) is 35.3 Å². The molecule has 14 heteroatoms. The van der Waals surface area contributed by atoms with Gasteiger partial charge in [0.2, 0.25) is 5.43 Å². The summed E-state index contributed by atoms with van der Waals surface area (Å²) < 4.78 is 70.2. The summed E-state index contributed by atoms with van der Waals surface area (Å²) in [6.45, 7) is -0.00782. The molecular weight excluding hydrogens is 539 g/mol. The van der Waals surface area contributed by atoms with Crippen molar-refractivity contribution in [2.75, 3.05) is 18.0 Å². The first-order chi connectivity index (χ1) is 17.8. The maximum Gasteiger partial charge on any atom is 0.408 e. The van der Waals surface area contributed by atoms with E-state index in [4.69, 9.17) is 11.6 Å². The quantitative estimate of drug-likeness (QED) is 0.416. The van der Waals surface area contributed by atoms with Crippen molar-refractivity contribution < 1.29 is 37.0 Å². The zero-order valence-electron chi connectivity index (χ0n) is 19.3. The summed E-state index contributed by atoms with van der Waals surface area (Å²) in [5.41, 5.74) is -2.42. The fraction of sp³-hybridized carbons (Fsp3) is 0.375. The standard InChI is InChI=1S/C24H20ClF5N4O4/c25-14-5-11(26)6-15(27)19(14)34-7-13(23(38)32-21(10-1-2-10)24(28,29)30)20(37)12-3-4-18(31-22(12)34)33-8-16(35)17(36)9-33/h3-7,10,16-17,21,35-36H,1-2,8-9H2,(H,32,38)/t16-,17-,21+/m1/s1. The fourth-order valence-corrected chi connectivity index (χ4v) is 4.82. The molecule has 3 N–H and O–H groups in total. The highest BCUT2D eigenvalue weighted by atomic mass is 35.5. The number of β-amino-alcohol motifs (C(OH)–C–C–N with tert-alkyl or cyclic N) is 2. The van der Waals surface area contributed by atoms with Gasteiger partial charge in [0, 0.05) is 25.4 Å². The number of aliphatic hydroxyl groups is 2. The van der Waals surface area contributed by atoms with E-state index in [2.05, 4.69) is 4.98 Å². The molecule has 5 rings (SSSR count). The molecule has 1 saturated carbocycles. The number of alkyl halides is 3. The fourth-order valence-electron chi connectivity index (χ4n) is 4.54. The molecule has 0 bridgehead atoms. The van der Waals surface area contributed by atoms with E-state index in [0.717, 1.165) is 16.8 Å². The second-order valence-corrected chi connectivity index (χ2v) is 9.78. The van der Waals surface area contributed by atoms with Crippen LogP contribution in [0.3, 0.4) is 0 Å². The second-order valence-electron chi connectivity index (χ2n) is 9.37. The summed E-state index contributed by atoms with van der Waals surface area (Å²) in [6, 6.07) is 1.72. The van der Waals surface area contributed by atoms with Crippen LogP contribution in [-0.4, -0.2) is 63.2 Å². The van der Waals surface area contributed by atoms with Gasteiger partial charge in [0.15, 0.2) is 11.5 Å². The molecule has 0 spiro atoms. The van der Waals surface area contributed by atoms with Gasteiger partial charge in [0.1, 0.15) is 28.9 Å². The van der Waals surface area contributed by atoms with E-state index in [-0.39, 0.29) is 42.8 Å². The molecule has 8 nitrogen and oxygen atoms in total. The number of aromatic nitrogens is 2. The van der Waals surface area contributed by atoms with E-state index in [0.29, 0.717) is 6.07 Å². The minimum absolute atomic E-state index is 0.00391. The lowest BCUT2D eigenvalue weighted by Gasteiger charge is -2.22. The van der Waals surface area contributed by atoms with Crippen molar-refractivity contribution in [3.8, 4) is 5.69 Å². The molecule has 2 fully saturated rings. The Morgan fingerprint density at radius 3 is 2.37 bits per heavy atom. The molecule has 2 aliphatic rings. The van der Waals surface area contributed by atoms with Crippen molar-refractivity contribution in [2.24, 2.45) is 5.92 Å². The van der Waals surface area contributed by atoms with Crippen LogP contribution >= 0.6 is 11.6 Å². The first-order valence-electron chi connectivity index (χ1n) is 11.5. The Labute approximate surface area is 216 Å².